The molecule has 0 aromatic heterocycles. The minimum absolute atomic E-state index is 0.00735. The fraction of sp³-hybridized carbons (Fsp3) is 0.750. The highest BCUT2D eigenvalue weighted by Gasteiger charge is 2.24. The van der Waals surface area contributed by atoms with Gasteiger partial charge in [0, 0.05) is 50.1 Å². The number of allylic oxidation sites excluding steroid dienone is 7. The Morgan fingerprint density at radius 3 is 1.96 bits per heavy atom. The average Bonchev–Trinajstić information content (AvgIpc) is 3.03. The van der Waals surface area contributed by atoms with Gasteiger partial charge in [-0.15, -0.1) is 0 Å². The number of amides is 2. The van der Waals surface area contributed by atoms with Gasteiger partial charge in [-0.2, -0.15) is 11.8 Å². The van der Waals surface area contributed by atoms with Gasteiger partial charge in [0.25, 0.3) is 0 Å². The number of nitrogens with one attached hydrogen (secondary N) is 2. The summed E-state index contributed by atoms with van der Waals surface area (Å²) in [6, 6.07) is -0.217. The van der Waals surface area contributed by atoms with Crippen LogP contribution in [-0.4, -0.2) is 85.0 Å². The van der Waals surface area contributed by atoms with Gasteiger partial charge < -0.3 is 20.4 Å². The summed E-state index contributed by atoms with van der Waals surface area (Å²) in [5.41, 5.74) is 5.75. The molecule has 0 bridgehead atoms. The van der Waals surface area contributed by atoms with Gasteiger partial charge in [0.05, 0.1) is 0 Å². The molecule has 47 heavy (non-hydrogen) atoms. The summed E-state index contributed by atoms with van der Waals surface area (Å²) in [5, 5.41) is 6.36. The monoisotopic (exact) mass is 671 g/mol. The molecule has 1 aliphatic carbocycles. The van der Waals surface area contributed by atoms with Crippen molar-refractivity contribution in [3.8, 4) is 0 Å². The molecule has 1 saturated heterocycles. The Morgan fingerprint density at radius 2 is 1.34 bits per heavy atom. The number of carbonyl (C=O) groups excluding carboxylic acids is 2. The minimum atomic E-state index is -0.469. The molecule has 1 aliphatic heterocycles. The number of carbonyl (C=O) groups is 2. The van der Waals surface area contributed by atoms with E-state index in [1.54, 1.807) is 11.8 Å². The molecule has 1 saturated carbocycles. The second kappa shape index (κ2) is 25.2. The first kappa shape index (κ1) is 41.3. The third-order valence-corrected chi connectivity index (χ3v) is 10.5. The first-order valence-corrected chi connectivity index (χ1v) is 20.0. The van der Waals surface area contributed by atoms with Crippen molar-refractivity contribution < 1.29 is 9.59 Å². The molecule has 2 aliphatic rings. The number of piperazine rings is 1. The predicted octanol–water partition coefficient (Wildman–Crippen LogP) is 8.61. The Labute approximate surface area is 293 Å². The Hall–Kier alpha value is -1.83. The number of hydrogen-bond acceptors (Lipinski definition) is 5. The fourth-order valence-corrected chi connectivity index (χ4v) is 7.25. The molecule has 2 amide bonds. The molecule has 0 unspecified atom stereocenters. The van der Waals surface area contributed by atoms with Crippen LogP contribution in [0.5, 0.6) is 0 Å². The molecule has 268 valence electrons. The van der Waals surface area contributed by atoms with Crippen molar-refractivity contribution in [2.75, 3.05) is 51.3 Å². The maximum Gasteiger partial charge on any atom is 0.243 e. The normalized spacial score (nSPS) is 18.2. The summed E-state index contributed by atoms with van der Waals surface area (Å²) in [5.74, 6) is 1.47. The molecule has 0 aromatic rings. The topological polar surface area (TPSA) is 64.7 Å². The third kappa shape index (κ3) is 21.0. The number of likely N-dealkylation sites (N-methyl/N-ethyl adjacent to an activating group) is 1. The first-order valence-electron chi connectivity index (χ1n) is 18.8. The van der Waals surface area contributed by atoms with Gasteiger partial charge in [-0.05, 0) is 112 Å². The SMILES string of the molecule is CC(C)=CCC/C(C)=C/CC/C(C)=C/CC/C(C)=C/CSC[C@H](NC(=O)CCCCCN1CCN(C)CC1)C(=O)NC1CCCCC1. The van der Waals surface area contributed by atoms with Crippen LogP contribution >= 0.6 is 11.8 Å². The maximum absolute atomic E-state index is 13.3. The first-order chi connectivity index (χ1) is 22.6. The smallest absolute Gasteiger partial charge is 0.243 e. The van der Waals surface area contributed by atoms with Gasteiger partial charge >= 0.3 is 0 Å². The van der Waals surface area contributed by atoms with E-state index in [1.807, 2.05) is 0 Å². The minimum Gasteiger partial charge on any atom is -0.352 e. The van der Waals surface area contributed by atoms with Crippen LogP contribution in [0.2, 0.25) is 0 Å². The van der Waals surface area contributed by atoms with E-state index in [-0.39, 0.29) is 17.9 Å². The lowest BCUT2D eigenvalue weighted by molar-refractivity contribution is -0.129. The van der Waals surface area contributed by atoms with Crippen LogP contribution in [0.3, 0.4) is 0 Å². The summed E-state index contributed by atoms with van der Waals surface area (Å²) in [4.78, 5) is 31.1. The quantitative estimate of drug-likeness (QED) is 0.0892. The highest BCUT2D eigenvalue weighted by molar-refractivity contribution is 7.99. The molecule has 6 nitrogen and oxygen atoms in total. The molecular formula is C40H70N4O2S. The fourth-order valence-electron chi connectivity index (χ4n) is 6.24. The molecule has 2 rings (SSSR count). The van der Waals surface area contributed by atoms with Crippen LogP contribution in [0, 0.1) is 0 Å². The Bertz CT molecular complexity index is 1020. The molecule has 0 spiro atoms. The second-order valence-electron chi connectivity index (χ2n) is 14.5. The lowest BCUT2D eigenvalue weighted by Crippen LogP contribution is -2.51. The van der Waals surface area contributed by atoms with E-state index in [1.165, 1.54) is 41.6 Å². The van der Waals surface area contributed by atoms with Crippen LogP contribution in [-0.2, 0) is 9.59 Å². The predicted molar refractivity (Wildman–Crippen MR) is 205 cm³/mol. The van der Waals surface area contributed by atoms with E-state index in [2.05, 4.69) is 86.4 Å². The number of rotatable bonds is 22. The van der Waals surface area contributed by atoms with E-state index in [0.717, 1.165) is 109 Å². The van der Waals surface area contributed by atoms with E-state index in [9.17, 15) is 9.59 Å². The van der Waals surface area contributed by atoms with E-state index >= 15 is 0 Å². The Kier molecular flexibility index (Phi) is 22.2. The van der Waals surface area contributed by atoms with Crippen molar-refractivity contribution in [3.05, 3.63) is 46.6 Å². The van der Waals surface area contributed by atoms with Gasteiger partial charge in [-0.25, -0.2) is 0 Å². The van der Waals surface area contributed by atoms with Crippen LogP contribution in [0.4, 0.5) is 0 Å². The molecule has 7 heteroatoms. The lowest BCUT2D eigenvalue weighted by atomic mass is 9.95. The van der Waals surface area contributed by atoms with Crippen LogP contribution < -0.4 is 10.6 Å². The third-order valence-electron chi connectivity index (χ3n) is 9.57. The Morgan fingerprint density at radius 1 is 0.745 bits per heavy atom. The van der Waals surface area contributed by atoms with Crippen LogP contribution in [0.15, 0.2) is 46.6 Å². The second-order valence-corrected chi connectivity index (χ2v) is 15.6. The summed E-state index contributed by atoms with van der Waals surface area (Å²) in [7, 11) is 2.19. The molecular weight excluding hydrogens is 601 g/mol. The van der Waals surface area contributed by atoms with Crippen molar-refractivity contribution in [2.24, 2.45) is 0 Å². The maximum atomic E-state index is 13.3. The zero-order chi connectivity index (χ0) is 34.3. The highest BCUT2D eigenvalue weighted by Crippen LogP contribution is 2.18. The van der Waals surface area contributed by atoms with Crippen molar-refractivity contribution in [1.82, 2.24) is 20.4 Å². The summed E-state index contributed by atoms with van der Waals surface area (Å²) in [6.07, 6.45) is 25.4. The van der Waals surface area contributed by atoms with E-state index in [4.69, 9.17) is 0 Å². The highest BCUT2D eigenvalue weighted by atomic mass is 32.2. The standard InChI is InChI=1S/C40H70N4O2S/c1-33(2)16-13-17-34(3)18-14-19-35(4)20-15-21-36(5)25-31-47-32-38(40(46)41-37-22-9-7-10-23-37)42-39(45)24-11-8-12-26-44-29-27-43(6)28-30-44/h16,18,20,25,37-38H,7-15,17,19,21-24,26-32H2,1-6H3,(H,41,46)(H,42,45)/b34-18+,35-20+,36-25+/t38-/m0/s1. The molecule has 0 aromatic carbocycles. The summed E-state index contributed by atoms with van der Waals surface area (Å²) < 4.78 is 0. The summed E-state index contributed by atoms with van der Waals surface area (Å²) >= 11 is 1.74. The zero-order valence-electron chi connectivity index (χ0n) is 31.1. The molecule has 0 radical (unpaired) electrons. The van der Waals surface area contributed by atoms with Crippen LogP contribution in [0.1, 0.15) is 131 Å². The summed E-state index contributed by atoms with van der Waals surface area (Å²) in [6.45, 7) is 16.7. The molecule has 2 fully saturated rings. The molecule has 1 heterocycles. The Balaban J connectivity index is 1.71. The van der Waals surface area contributed by atoms with Gasteiger partial charge in [0.2, 0.25) is 11.8 Å². The van der Waals surface area contributed by atoms with Gasteiger partial charge in [0.15, 0.2) is 0 Å². The van der Waals surface area contributed by atoms with Crippen molar-refractivity contribution in [1.29, 1.82) is 0 Å². The van der Waals surface area contributed by atoms with Gasteiger partial charge in [-0.1, -0.05) is 72.3 Å². The number of nitrogens with zero attached hydrogens (tertiary/aromatic N) is 2. The van der Waals surface area contributed by atoms with Gasteiger partial charge in [-0.3, -0.25) is 9.59 Å². The van der Waals surface area contributed by atoms with Crippen molar-refractivity contribution in [3.63, 3.8) is 0 Å². The van der Waals surface area contributed by atoms with Crippen LogP contribution in [0.25, 0.3) is 0 Å². The largest absolute Gasteiger partial charge is 0.352 e. The number of thioether (sulfide) groups is 1. The van der Waals surface area contributed by atoms with E-state index in [0.29, 0.717) is 12.2 Å². The number of hydrogen-bond donors (Lipinski definition) is 2. The van der Waals surface area contributed by atoms with Crippen molar-refractivity contribution in [2.45, 2.75) is 143 Å². The van der Waals surface area contributed by atoms with Gasteiger partial charge in [0.1, 0.15) is 6.04 Å². The number of unbranched alkanes of at least 4 members (excludes halogenated alkanes) is 2. The zero-order valence-corrected chi connectivity index (χ0v) is 32.0. The van der Waals surface area contributed by atoms with E-state index < -0.39 is 6.04 Å². The average molecular weight is 671 g/mol. The molecule has 2 N–H and O–H groups in total. The molecule has 1 atom stereocenters. The van der Waals surface area contributed by atoms with Crippen molar-refractivity contribution >= 4 is 23.6 Å². The lowest BCUT2D eigenvalue weighted by Gasteiger charge is -2.32.